The summed E-state index contributed by atoms with van der Waals surface area (Å²) in [4.78, 5) is 23.6. The lowest BCUT2D eigenvalue weighted by molar-refractivity contribution is 0.0755. The van der Waals surface area contributed by atoms with E-state index in [9.17, 15) is 4.79 Å². The van der Waals surface area contributed by atoms with Gasteiger partial charge < -0.3 is 4.90 Å². The zero-order valence-electron chi connectivity index (χ0n) is 15.9. The molecular formula is C20H21ClN6OS. The van der Waals surface area contributed by atoms with Crippen molar-refractivity contribution in [1.82, 2.24) is 29.9 Å². The van der Waals surface area contributed by atoms with Crippen LogP contribution in [-0.2, 0) is 5.75 Å². The summed E-state index contributed by atoms with van der Waals surface area (Å²) >= 11 is 7.48. The predicted molar refractivity (Wildman–Crippen MR) is 112 cm³/mol. The number of aromatic nitrogens is 5. The first-order chi connectivity index (χ1) is 14.2. The van der Waals surface area contributed by atoms with Gasteiger partial charge in [-0.25, -0.2) is 14.6 Å². The van der Waals surface area contributed by atoms with Crippen LogP contribution in [0.5, 0.6) is 0 Å². The van der Waals surface area contributed by atoms with Crippen molar-refractivity contribution in [3.05, 3.63) is 59.1 Å². The van der Waals surface area contributed by atoms with Crippen LogP contribution in [0.3, 0.4) is 0 Å². The summed E-state index contributed by atoms with van der Waals surface area (Å²) in [6.45, 7) is 1.53. The van der Waals surface area contributed by atoms with Crippen LogP contribution in [0.25, 0.3) is 5.69 Å². The second-order valence-corrected chi connectivity index (χ2v) is 8.18. The second-order valence-electron chi connectivity index (χ2n) is 6.80. The standard InChI is InChI=1S/C20H21ClN6OS/c21-15-6-8-16(9-7-15)27-17(14-29-20-22-10-5-11-23-20)18(24-25-27)19(28)26-12-3-1-2-4-13-26/h5-11H,1-4,12-14H2. The van der Waals surface area contributed by atoms with Gasteiger partial charge in [0.25, 0.3) is 5.91 Å². The molecule has 0 bridgehead atoms. The molecule has 0 N–H and O–H groups in total. The summed E-state index contributed by atoms with van der Waals surface area (Å²) in [6, 6.07) is 9.10. The van der Waals surface area contributed by atoms with Crippen LogP contribution in [0.1, 0.15) is 41.9 Å². The highest BCUT2D eigenvalue weighted by Gasteiger charge is 2.26. The van der Waals surface area contributed by atoms with Gasteiger partial charge in [-0.1, -0.05) is 41.4 Å². The van der Waals surface area contributed by atoms with E-state index in [1.54, 1.807) is 35.3 Å². The van der Waals surface area contributed by atoms with Crippen LogP contribution in [0, 0.1) is 0 Å². The zero-order chi connectivity index (χ0) is 20.1. The molecular weight excluding hydrogens is 408 g/mol. The van der Waals surface area contributed by atoms with E-state index in [0.29, 0.717) is 21.6 Å². The SMILES string of the molecule is O=C(c1nnn(-c2ccc(Cl)cc2)c1CSc1ncccn1)N1CCCCCC1. The molecule has 0 aliphatic carbocycles. The summed E-state index contributed by atoms with van der Waals surface area (Å²) in [6.07, 6.45) is 7.78. The maximum Gasteiger partial charge on any atom is 0.276 e. The third-order valence-electron chi connectivity index (χ3n) is 4.81. The van der Waals surface area contributed by atoms with Gasteiger partial charge in [-0.3, -0.25) is 4.79 Å². The molecule has 1 aromatic carbocycles. The van der Waals surface area contributed by atoms with Crippen LogP contribution >= 0.6 is 23.4 Å². The maximum absolute atomic E-state index is 13.2. The van der Waals surface area contributed by atoms with Crippen molar-refractivity contribution in [3.8, 4) is 5.69 Å². The number of nitrogens with zero attached hydrogens (tertiary/aromatic N) is 6. The lowest BCUT2D eigenvalue weighted by atomic mass is 10.2. The number of benzene rings is 1. The Morgan fingerprint density at radius 1 is 1.03 bits per heavy atom. The Morgan fingerprint density at radius 2 is 1.72 bits per heavy atom. The van der Waals surface area contributed by atoms with E-state index in [4.69, 9.17) is 11.6 Å². The third-order valence-corrected chi connectivity index (χ3v) is 5.95. The van der Waals surface area contributed by atoms with Gasteiger partial charge in [0.05, 0.1) is 11.4 Å². The monoisotopic (exact) mass is 428 g/mol. The highest BCUT2D eigenvalue weighted by Crippen LogP contribution is 2.25. The number of rotatable bonds is 5. The fourth-order valence-electron chi connectivity index (χ4n) is 3.30. The number of hydrogen-bond acceptors (Lipinski definition) is 6. The molecule has 2 aromatic heterocycles. The van der Waals surface area contributed by atoms with Crippen LogP contribution in [0.4, 0.5) is 0 Å². The van der Waals surface area contributed by atoms with Crippen molar-refractivity contribution in [3.63, 3.8) is 0 Å². The van der Waals surface area contributed by atoms with Gasteiger partial charge in [-0.2, -0.15) is 0 Å². The van der Waals surface area contributed by atoms with E-state index in [2.05, 4.69) is 20.3 Å². The van der Waals surface area contributed by atoms with Crippen LogP contribution in [0.2, 0.25) is 5.02 Å². The van der Waals surface area contributed by atoms with Crippen molar-refractivity contribution in [2.24, 2.45) is 0 Å². The van der Waals surface area contributed by atoms with Gasteiger partial charge in [0, 0.05) is 36.3 Å². The molecule has 0 atom stereocenters. The summed E-state index contributed by atoms with van der Waals surface area (Å²) < 4.78 is 1.71. The Hall–Kier alpha value is -2.45. The molecule has 0 saturated carbocycles. The van der Waals surface area contributed by atoms with Crippen LogP contribution in [0.15, 0.2) is 47.9 Å². The highest BCUT2D eigenvalue weighted by atomic mass is 35.5. The maximum atomic E-state index is 13.2. The van der Waals surface area contributed by atoms with Gasteiger partial charge in [0.1, 0.15) is 0 Å². The molecule has 4 rings (SSSR count). The molecule has 150 valence electrons. The van der Waals surface area contributed by atoms with Gasteiger partial charge in [-0.15, -0.1) is 5.10 Å². The van der Waals surface area contributed by atoms with E-state index in [0.717, 1.165) is 50.2 Å². The van der Waals surface area contributed by atoms with Crippen molar-refractivity contribution in [1.29, 1.82) is 0 Å². The molecule has 1 aliphatic heterocycles. The molecule has 1 aliphatic rings. The summed E-state index contributed by atoms with van der Waals surface area (Å²) in [5.41, 5.74) is 1.94. The quantitative estimate of drug-likeness (QED) is 0.451. The molecule has 29 heavy (non-hydrogen) atoms. The Labute approximate surface area is 178 Å². The van der Waals surface area contributed by atoms with E-state index in [-0.39, 0.29) is 5.91 Å². The number of halogens is 1. The minimum atomic E-state index is -0.0586. The smallest absolute Gasteiger partial charge is 0.276 e. The first-order valence-electron chi connectivity index (χ1n) is 9.62. The number of likely N-dealkylation sites (tertiary alicyclic amines) is 1. The third kappa shape index (κ3) is 4.76. The molecule has 0 radical (unpaired) electrons. The van der Waals surface area contributed by atoms with Gasteiger partial charge in [0.15, 0.2) is 10.9 Å². The second kappa shape index (κ2) is 9.37. The van der Waals surface area contributed by atoms with Crippen LogP contribution < -0.4 is 0 Å². The minimum absolute atomic E-state index is 0.0586. The molecule has 1 saturated heterocycles. The summed E-state index contributed by atoms with van der Waals surface area (Å²) in [5, 5.41) is 9.84. The van der Waals surface area contributed by atoms with Crippen LogP contribution in [-0.4, -0.2) is 48.9 Å². The normalized spacial score (nSPS) is 14.6. The lowest BCUT2D eigenvalue weighted by Gasteiger charge is -2.19. The summed E-state index contributed by atoms with van der Waals surface area (Å²) in [5.74, 6) is 0.422. The number of carbonyl (C=O) groups excluding carboxylic acids is 1. The Kier molecular flexibility index (Phi) is 6.41. The fraction of sp³-hybridized carbons (Fsp3) is 0.350. The molecule has 1 fully saturated rings. The largest absolute Gasteiger partial charge is 0.337 e. The van der Waals surface area contributed by atoms with Gasteiger partial charge in [0.2, 0.25) is 0 Å². The first-order valence-corrected chi connectivity index (χ1v) is 11.0. The minimum Gasteiger partial charge on any atom is -0.337 e. The molecule has 0 spiro atoms. The molecule has 7 nitrogen and oxygen atoms in total. The first kappa shape index (κ1) is 19.8. The molecule has 3 aromatic rings. The van der Waals surface area contributed by atoms with E-state index >= 15 is 0 Å². The molecule has 3 heterocycles. The van der Waals surface area contributed by atoms with Gasteiger partial charge >= 0.3 is 0 Å². The van der Waals surface area contributed by atoms with Crippen molar-refractivity contribution < 1.29 is 4.79 Å². The predicted octanol–water partition coefficient (Wildman–Crippen LogP) is 4.02. The fourth-order valence-corrected chi connectivity index (χ4v) is 4.22. The highest BCUT2D eigenvalue weighted by molar-refractivity contribution is 7.98. The molecule has 0 unspecified atom stereocenters. The Bertz CT molecular complexity index is 955. The average molecular weight is 429 g/mol. The number of carbonyl (C=O) groups is 1. The van der Waals surface area contributed by atoms with Crippen molar-refractivity contribution >= 4 is 29.3 Å². The van der Waals surface area contributed by atoms with Crippen molar-refractivity contribution in [2.45, 2.75) is 36.6 Å². The van der Waals surface area contributed by atoms with E-state index in [1.165, 1.54) is 11.8 Å². The number of hydrogen-bond donors (Lipinski definition) is 0. The molecule has 1 amide bonds. The Balaban J connectivity index is 1.66. The molecule has 9 heteroatoms. The van der Waals surface area contributed by atoms with E-state index in [1.807, 2.05) is 17.0 Å². The zero-order valence-corrected chi connectivity index (χ0v) is 17.4. The topological polar surface area (TPSA) is 76.8 Å². The van der Waals surface area contributed by atoms with Gasteiger partial charge in [-0.05, 0) is 43.2 Å². The number of amides is 1. The number of thioether (sulfide) groups is 1. The van der Waals surface area contributed by atoms with Crippen molar-refractivity contribution in [2.75, 3.05) is 13.1 Å². The lowest BCUT2D eigenvalue weighted by Crippen LogP contribution is -2.32. The Morgan fingerprint density at radius 3 is 2.41 bits per heavy atom. The average Bonchev–Trinajstić information content (AvgIpc) is 2.98. The summed E-state index contributed by atoms with van der Waals surface area (Å²) in [7, 11) is 0. The van der Waals surface area contributed by atoms with E-state index < -0.39 is 0 Å².